The number of halogens is 1. The molecule has 7 heteroatoms. The van der Waals surface area contributed by atoms with E-state index in [2.05, 4.69) is 19.2 Å². The quantitative estimate of drug-likeness (QED) is 0.742. The Bertz CT molecular complexity index is 730. The van der Waals surface area contributed by atoms with Crippen LogP contribution in [0.15, 0.2) is 39.5 Å². The van der Waals surface area contributed by atoms with E-state index in [9.17, 15) is 9.59 Å². The number of amides is 1. The SMILES string of the molecule is CC(C)CC(CN)NC(=O)COc1ccc2ccc(=O)oc2c1.Cl. The van der Waals surface area contributed by atoms with Gasteiger partial charge in [-0.15, -0.1) is 12.4 Å². The predicted molar refractivity (Wildman–Crippen MR) is 95.7 cm³/mol. The second-order valence-electron chi connectivity index (χ2n) is 5.87. The van der Waals surface area contributed by atoms with E-state index in [1.165, 1.54) is 6.07 Å². The Morgan fingerprint density at radius 1 is 1.29 bits per heavy atom. The van der Waals surface area contributed by atoms with Gasteiger partial charge in [-0.25, -0.2) is 4.79 Å². The van der Waals surface area contributed by atoms with Crippen molar-refractivity contribution in [1.82, 2.24) is 5.32 Å². The lowest BCUT2D eigenvalue weighted by Crippen LogP contribution is -2.43. The molecule has 3 N–H and O–H groups in total. The molecule has 0 saturated carbocycles. The fourth-order valence-electron chi connectivity index (χ4n) is 2.33. The molecule has 1 atom stereocenters. The van der Waals surface area contributed by atoms with Gasteiger partial charge in [0.1, 0.15) is 11.3 Å². The van der Waals surface area contributed by atoms with Gasteiger partial charge in [0.2, 0.25) is 0 Å². The molecule has 132 valence electrons. The second kappa shape index (κ2) is 9.30. The van der Waals surface area contributed by atoms with Crippen LogP contribution in [-0.2, 0) is 4.79 Å². The molecule has 0 aliphatic carbocycles. The normalized spacial score (nSPS) is 11.8. The fourth-order valence-corrected chi connectivity index (χ4v) is 2.33. The van der Waals surface area contributed by atoms with Gasteiger partial charge in [-0.1, -0.05) is 13.8 Å². The molecule has 1 heterocycles. The van der Waals surface area contributed by atoms with Crippen molar-refractivity contribution in [3.8, 4) is 5.75 Å². The van der Waals surface area contributed by atoms with E-state index >= 15 is 0 Å². The van der Waals surface area contributed by atoms with Crippen LogP contribution in [0.4, 0.5) is 0 Å². The molecule has 0 saturated heterocycles. The van der Waals surface area contributed by atoms with Crippen LogP contribution in [0.1, 0.15) is 20.3 Å². The number of hydrogen-bond donors (Lipinski definition) is 2. The van der Waals surface area contributed by atoms with Crippen LogP contribution < -0.4 is 21.4 Å². The van der Waals surface area contributed by atoms with Crippen LogP contribution in [-0.4, -0.2) is 25.1 Å². The number of rotatable bonds is 7. The summed E-state index contributed by atoms with van der Waals surface area (Å²) in [5.74, 6) is 0.694. The molecule has 1 aromatic carbocycles. The minimum absolute atomic E-state index is 0. The zero-order valence-electron chi connectivity index (χ0n) is 13.8. The van der Waals surface area contributed by atoms with Crippen molar-refractivity contribution in [2.45, 2.75) is 26.3 Å². The molecule has 0 aliphatic rings. The highest BCUT2D eigenvalue weighted by Crippen LogP contribution is 2.19. The van der Waals surface area contributed by atoms with E-state index < -0.39 is 5.63 Å². The van der Waals surface area contributed by atoms with Crippen molar-refractivity contribution in [3.05, 3.63) is 40.8 Å². The number of carbonyl (C=O) groups excluding carboxylic acids is 1. The van der Waals surface area contributed by atoms with Gasteiger partial charge in [0, 0.05) is 30.1 Å². The summed E-state index contributed by atoms with van der Waals surface area (Å²) in [6.07, 6.45) is 0.823. The van der Waals surface area contributed by atoms with Crippen LogP contribution in [0.2, 0.25) is 0 Å². The standard InChI is InChI=1S/C17H22N2O4.ClH/c1-11(2)7-13(9-18)19-16(20)10-22-14-5-3-12-4-6-17(21)23-15(12)8-14;/h3-6,8,11,13H,7,9-10,18H2,1-2H3,(H,19,20);1H. The average molecular weight is 355 g/mol. The van der Waals surface area contributed by atoms with Gasteiger partial charge in [-0.05, 0) is 30.5 Å². The molecule has 0 aliphatic heterocycles. The highest BCUT2D eigenvalue weighted by atomic mass is 35.5. The van der Waals surface area contributed by atoms with Crippen molar-refractivity contribution < 1.29 is 13.9 Å². The molecular formula is C17H23ClN2O4. The monoisotopic (exact) mass is 354 g/mol. The summed E-state index contributed by atoms with van der Waals surface area (Å²) in [4.78, 5) is 23.1. The summed E-state index contributed by atoms with van der Waals surface area (Å²) >= 11 is 0. The number of nitrogens with one attached hydrogen (secondary N) is 1. The lowest BCUT2D eigenvalue weighted by molar-refractivity contribution is -0.123. The highest BCUT2D eigenvalue weighted by Gasteiger charge is 2.13. The molecule has 24 heavy (non-hydrogen) atoms. The Morgan fingerprint density at radius 3 is 2.67 bits per heavy atom. The number of nitrogens with two attached hydrogens (primary N) is 1. The zero-order valence-corrected chi connectivity index (χ0v) is 14.6. The number of hydrogen-bond acceptors (Lipinski definition) is 5. The molecule has 0 bridgehead atoms. The van der Waals surface area contributed by atoms with Gasteiger partial charge in [-0.2, -0.15) is 0 Å². The Balaban J connectivity index is 0.00000288. The second-order valence-corrected chi connectivity index (χ2v) is 5.87. The average Bonchev–Trinajstić information content (AvgIpc) is 2.51. The van der Waals surface area contributed by atoms with E-state index in [4.69, 9.17) is 14.9 Å². The predicted octanol–water partition coefficient (Wildman–Crippen LogP) is 2.08. The van der Waals surface area contributed by atoms with E-state index in [0.29, 0.717) is 23.8 Å². The van der Waals surface area contributed by atoms with Crippen molar-refractivity contribution in [2.24, 2.45) is 11.7 Å². The van der Waals surface area contributed by atoms with Gasteiger partial charge in [-0.3, -0.25) is 4.79 Å². The maximum absolute atomic E-state index is 11.9. The summed E-state index contributed by atoms with van der Waals surface area (Å²) in [5, 5.41) is 3.65. The number of benzene rings is 1. The number of fused-ring (bicyclic) bond motifs is 1. The summed E-state index contributed by atoms with van der Waals surface area (Å²) < 4.78 is 10.5. The van der Waals surface area contributed by atoms with Gasteiger partial charge >= 0.3 is 5.63 Å². The highest BCUT2D eigenvalue weighted by molar-refractivity contribution is 5.85. The molecule has 0 fully saturated rings. The van der Waals surface area contributed by atoms with Gasteiger partial charge in [0.05, 0.1) is 0 Å². The number of ether oxygens (including phenoxy) is 1. The Kier molecular flexibility index (Phi) is 7.74. The van der Waals surface area contributed by atoms with Gasteiger partial charge in [0.25, 0.3) is 5.91 Å². The summed E-state index contributed by atoms with van der Waals surface area (Å²) in [6, 6.07) is 8.07. The minimum Gasteiger partial charge on any atom is -0.484 e. The zero-order chi connectivity index (χ0) is 16.8. The first-order valence-electron chi connectivity index (χ1n) is 7.64. The molecule has 6 nitrogen and oxygen atoms in total. The smallest absolute Gasteiger partial charge is 0.336 e. The van der Waals surface area contributed by atoms with Crippen LogP contribution >= 0.6 is 12.4 Å². The van der Waals surface area contributed by atoms with E-state index in [1.54, 1.807) is 24.3 Å². The molecule has 0 radical (unpaired) electrons. The molecule has 0 spiro atoms. The van der Waals surface area contributed by atoms with Crippen LogP contribution in [0.3, 0.4) is 0 Å². The Hall–Kier alpha value is -2.05. The first kappa shape index (κ1) is 20.0. The molecule has 1 amide bonds. The van der Waals surface area contributed by atoms with Crippen LogP contribution in [0, 0.1) is 5.92 Å². The first-order chi connectivity index (χ1) is 11.0. The Labute approximate surface area is 146 Å². The first-order valence-corrected chi connectivity index (χ1v) is 7.64. The maximum atomic E-state index is 11.9. The van der Waals surface area contributed by atoms with Crippen molar-refractivity contribution in [3.63, 3.8) is 0 Å². The summed E-state index contributed by atoms with van der Waals surface area (Å²) in [6.45, 7) is 4.44. The van der Waals surface area contributed by atoms with E-state index in [-0.39, 0.29) is 31.0 Å². The van der Waals surface area contributed by atoms with Crippen LogP contribution in [0.25, 0.3) is 11.0 Å². The molecule has 2 rings (SSSR count). The summed E-state index contributed by atoms with van der Waals surface area (Å²) in [7, 11) is 0. The largest absolute Gasteiger partial charge is 0.484 e. The van der Waals surface area contributed by atoms with Gasteiger partial charge < -0.3 is 20.2 Å². The van der Waals surface area contributed by atoms with Gasteiger partial charge in [0.15, 0.2) is 6.61 Å². The van der Waals surface area contributed by atoms with Crippen molar-refractivity contribution >= 4 is 29.3 Å². The fraction of sp³-hybridized carbons (Fsp3) is 0.412. The lowest BCUT2D eigenvalue weighted by atomic mass is 10.0. The molecule has 1 unspecified atom stereocenters. The number of carbonyl (C=O) groups is 1. The molecular weight excluding hydrogens is 332 g/mol. The topological polar surface area (TPSA) is 94.6 Å². The van der Waals surface area contributed by atoms with E-state index in [0.717, 1.165) is 11.8 Å². The van der Waals surface area contributed by atoms with Crippen LogP contribution in [0.5, 0.6) is 5.75 Å². The third-order valence-corrected chi connectivity index (χ3v) is 3.37. The Morgan fingerprint density at radius 2 is 2.00 bits per heavy atom. The third-order valence-electron chi connectivity index (χ3n) is 3.37. The lowest BCUT2D eigenvalue weighted by Gasteiger charge is -2.18. The van der Waals surface area contributed by atoms with Crippen molar-refractivity contribution in [1.29, 1.82) is 0 Å². The summed E-state index contributed by atoms with van der Waals surface area (Å²) in [5.41, 5.74) is 5.66. The van der Waals surface area contributed by atoms with Crippen molar-refractivity contribution in [2.75, 3.05) is 13.2 Å². The minimum atomic E-state index is -0.424. The van der Waals surface area contributed by atoms with E-state index in [1.807, 2.05) is 0 Å². The molecule has 2 aromatic rings. The maximum Gasteiger partial charge on any atom is 0.336 e. The molecule has 1 aromatic heterocycles. The third kappa shape index (κ3) is 5.86.